The molecule has 1 aliphatic rings. The number of fused-ring (bicyclic) bond motifs is 1. The summed E-state index contributed by atoms with van der Waals surface area (Å²) < 4.78 is 5.45. The van der Waals surface area contributed by atoms with E-state index in [2.05, 4.69) is 50.9 Å². The van der Waals surface area contributed by atoms with Crippen LogP contribution in [-0.2, 0) is 0 Å². The van der Waals surface area contributed by atoms with E-state index in [1.165, 1.54) is 0 Å². The Morgan fingerprint density at radius 2 is 1.81 bits per heavy atom. The zero-order valence-corrected chi connectivity index (χ0v) is 18.9. The van der Waals surface area contributed by atoms with Crippen molar-refractivity contribution in [2.45, 2.75) is 20.8 Å². The molecule has 0 spiro atoms. The van der Waals surface area contributed by atoms with E-state index in [0.29, 0.717) is 5.69 Å². The molecule has 3 heterocycles. The van der Waals surface area contributed by atoms with Crippen molar-refractivity contribution in [3.63, 3.8) is 0 Å². The molecule has 5 rings (SSSR count). The molecule has 32 heavy (non-hydrogen) atoms. The Hall–Kier alpha value is -3.63. The number of aromatic amines is 1. The first kappa shape index (κ1) is 20.3. The highest BCUT2D eigenvalue weighted by molar-refractivity contribution is 5.98. The maximum Gasteiger partial charge on any atom is 0.203 e. The summed E-state index contributed by atoms with van der Waals surface area (Å²) in [6.45, 7) is 17.4. The summed E-state index contributed by atoms with van der Waals surface area (Å²) in [5.41, 5.74) is 8.55. The first-order valence-corrected chi connectivity index (χ1v) is 10.8. The molecule has 0 saturated carbocycles. The van der Waals surface area contributed by atoms with Crippen LogP contribution >= 0.6 is 0 Å². The van der Waals surface area contributed by atoms with Crippen LogP contribution in [0.2, 0.25) is 0 Å². The topological polar surface area (TPSA) is 65.6 Å². The fourth-order valence-corrected chi connectivity index (χ4v) is 4.49. The van der Waals surface area contributed by atoms with Crippen molar-refractivity contribution < 1.29 is 4.52 Å². The molecular formula is C25H26N6O. The quantitative estimate of drug-likeness (QED) is 0.461. The molecular weight excluding hydrogens is 400 g/mol. The van der Waals surface area contributed by atoms with E-state index in [1.54, 1.807) is 0 Å². The van der Waals surface area contributed by atoms with Gasteiger partial charge in [-0.3, -0.25) is 0 Å². The summed E-state index contributed by atoms with van der Waals surface area (Å²) in [5, 5.41) is 4.15. The number of aryl methyl sites for hydroxylation is 3. The third-order valence-electron chi connectivity index (χ3n) is 6.34. The Kier molecular flexibility index (Phi) is 4.95. The van der Waals surface area contributed by atoms with Gasteiger partial charge in [0.05, 0.1) is 23.3 Å². The van der Waals surface area contributed by atoms with Crippen molar-refractivity contribution in [3.8, 4) is 22.3 Å². The molecule has 1 N–H and O–H groups in total. The average Bonchev–Trinajstić information content (AvgIpc) is 3.36. The number of hydrogen-bond donors (Lipinski definition) is 1. The number of anilines is 1. The molecule has 0 unspecified atom stereocenters. The minimum absolute atomic E-state index is 0.622. The van der Waals surface area contributed by atoms with Crippen molar-refractivity contribution in [3.05, 3.63) is 58.8 Å². The van der Waals surface area contributed by atoms with Crippen LogP contribution < -0.4 is 4.90 Å². The summed E-state index contributed by atoms with van der Waals surface area (Å²) in [5.74, 6) is 1.68. The number of H-pyrrole nitrogens is 1. The van der Waals surface area contributed by atoms with E-state index in [-0.39, 0.29) is 0 Å². The first-order valence-electron chi connectivity index (χ1n) is 10.8. The third kappa shape index (κ3) is 3.43. The number of likely N-dealkylation sites (N-methyl/N-ethyl adjacent to an activating group) is 1. The fourth-order valence-electron chi connectivity index (χ4n) is 4.49. The second kappa shape index (κ2) is 7.81. The molecule has 1 saturated heterocycles. The molecule has 2 aromatic heterocycles. The van der Waals surface area contributed by atoms with Crippen molar-refractivity contribution in [2.75, 3.05) is 38.1 Å². The van der Waals surface area contributed by atoms with Gasteiger partial charge in [-0.25, -0.2) is 9.83 Å². The normalized spacial score (nSPS) is 14.8. The van der Waals surface area contributed by atoms with Gasteiger partial charge >= 0.3 is 0 Å². The summed E-state index contributed by atoms with van der Waals surface area (Å²) in [6.07, 6.45) is 0. The number of aromatic nitrogens is 3. The van der Waals surface area contributed by atoms with Gasteiger partial charge in [0.25, 0.3) is 0 Å². The van der Waals surface area contributed by atoms with Gasteiger partial charge in [-0.05, 0) is 62.7 Å². The number of benzene rings is 2. The van der Waals surface area contributed by atoms with Crippen LogP contribution in [0.3, 0.4) is 0 Å². The van der Waals surface area contributed by atoms with Gasteiger partial charge in [0, 0.05) is 37.3 Å². The molecule has 1 fully saturated rings. The van der Waals surface area contributed by atoms with E-state index in [0.717, 1.165) is 82.4 Å². The average molecular weight is 427 g/mol. The zero-order chi connectivity index (χ0) is 22.4. The van der Waals surface area contributed by atoms with Crippen LogP contribution in [0.1, 0.15) is 17.0 Å². The number of nitrogens with one attached hydrogen (secondary N) is 1. The standard InChI is InChI=1S/C25H26N6O/c1-15-6-7-19(26-4)14-20(15)21-12-18(23-16(2)29-32-17(23)3)13-22-24(21)28-25(27-22)31-10-8-30(5)9-11-31/h6-7,12-14H,8-11H2,1-3,5H3,(H,27,28). The first-order chi connectivity index (χ1) is 15.4. The number of nitrogens with zero attached hydrogens (tertiary/aromatic N) is 5. The van der Waals surface area contributed by atoms with Crippen LogP contribution in [0.15, 0.2) is 34.9 Å². The number of imidazole rings is 1. The highest BCUT2D eigenvalue weighted by Gasteiger charge is 2.21. The van der Waals surface area contributed by atoms with Crippen molar-refractivity contribution in [1.29, 1.82) is 0 Å². The molecule has 162 valence electrons. The van der Waals surface area contributed by atoms with Gasteiger partial charge < -0.3 is 19.3 Å². The molecule has 0 aliphatic carbocycles. The van der Waals surface area contributed by atoms with Crippen LogP contribution in [-0.4, -0.2) is 53.3 Å². The molecule has 7 nitrogen and oxygen atoms in total. The second-order valence-electron chi connectivity index (χ2n) is 8.58. The van der Waals surface area contributed by atoms with Crippen LogP contribution in [0, 0.1) is 27.3 Å². The molecule has 0 atom stereocenters. The maximum absolute atomic E-state index is 7.47. The fraction of sp³-hybridized carbons (Fsp3) is 0.320. The minimum atomic E-state index is 0.622. The molecule has 0 bridgehead atoms. The van der Waals surface area contributed by atoms with E-state index in [4.69, 9.17) is 16.1 Å². The van der Waals surface area contributed by atoms with Crippen molar-refractivity contribution in [1.82, 2.24) is 20.0 Å². The van der Waals surface area contributed by atoms with Gasteiger partial charge in [0.15, 0.2) is 5.69 Å². The lowest BCUT2D eigenvalue weighted by molar-refractivity contribution is 0.311. The number of rotatable bonds is 3. The van der Waals surface area contributed by atoms with E-state index in [1.807, 2.05) is 32.0 Å². The van der Waals surface area contributed by atoms with Crippen LogP contribution in [0.5, 0.6) is 0 Å². The van der Waals surface area contributed by atoms with Gasteiger partial charge in [0.2, 0.25) is 5.95 Å². The molecule has 7 heteroatoms. The highest BCUT2D eigenvalue weighted by atomic mass is 16.5. The maximum atomic E-state index is 7.47. The highest BCUT2D eigenvalue weighted by Crippen LogP contribution is 2.38. The predicted molar refractivity (Wildman–Crippen MR) is 127 cm³/mol. The summed E-state index contributed by atoms with van der Waals surface area (Å²) >= 11 is 0. The summed E-state index contributed by atoms with van der Waals surface area (Å²) in [4.78, 5) is 16.9. The summed E-state index contributed by atoms with van der Waals surface area (Å²) in [6, 6.07) is 10.1. The lowest BCUT2D eigenvalue weighted by Crippen LogP contribution is -2.44. The Bertz CT molecular complexity index is 1330. The van der Waals surface area contributed by atoms with E-state index >= 15 is 0 Å². The smallest absolute Gasteiger partial charge is 0.203 e. The monoisotopic (exact) mass is 426 g/mol. The molecule has 2 aromatic carbocycles. The Balaban J connectivity index is 1.74. The minimum Gasteiger partial charge on any atom is -0.361 e. The Labute approximate surface area is 187 Å². The summed E-state index contributed by atoms with van der Waals surface area (Å²) in [7, 11) is 2.15. The molecule has 0 radical (unpaired) electrons. The van der Waals surface area contributed by atoms with Gasteiger partial charge in [-0.1, -0.05) is 17.3 Å². The number of hydrogen-bond acceptors (Lipinski definition) is 5. The lowest BCUT2D eigenvalue weighted by Gasteiger charge is -2.32. The third-order valence-corrected chi connectivity index (χ3v) is 6.34. The van der Waals surface area contributed by atoms with E-state index < -0.39 is 0 Å². The second-order valence-corrected chi connectivity index (χ2v) is 8.58. The Morgan fingerprint density at radius 3 is 2.50 bits per heavy atom. The van der Waals surface area contributed by atoms with Gasteiger partial charge in [-0.2, -0.15) is 0 Å². The van der Waals surface area contributed by atoms with Crippen LogP contribution in [0.4, 0.5) is 11.6 Å². The van der Waals surface area contributed by atoms with Gasteiger partial charge in [0.1, 0.15) is 5.76 Å². The number of piperazine rings is 1. The van der Waals surface area contributed by atoms with E-state index in [9.17, 15) is 0 Å². The largest absolute Gasteiger partial charge is 0.361 e. The molecule has 0 amide bonds. The van der Waals surface area contributed by atoms with Crippen molar-refractivity contribution >= 4 is 22.7 Å². The predicted octanol–water partition coefficient (Wildman–Crippen LogP) is 5.11. The van der Waals surface area contributed by atoms with Gasteiger partial charge in [-0.15, -0.1) is 0 Å². The van der Waals surface area contributed by atoms with Crippen molar-refractivity contribution in [2.24, 2.45) is 0 Å². The zero-order valence-electron chi connectivity index (χ0n) is 18.9. The SMILES string of the molecule is [C-]#[N+]c1ccc(C)c(-c2cc(-c3c(C)noc3C)cc3[nH]c(N4CCN(C)CC4)nc23)c1. The van der Waals surface area contributed by atoms with Crippen LogP contribution in [0.25, 0.3) is 38.1 Å². The molecule has 1 aliphatic heterocycles. The Morgan fingerprint density at radius 1 is 1.03 bits per heavy atom. The molecule has 4 aromatic rings. The lowest BCUT2D eigenvalue weighted by atomic mass is 9.94.